The van der Waals surface area contributed by atoms with Crippen molar-refractivity contribution < 1.29 is 21.1 Å². The van der Waals surface area contributed by atoms with E-state index in [1.54, 1.807) is 0 Å². The predicted molar refractivity (Wildman–Crippen MR) is 160 cm³/mol. The van der Waals surface area contributed by atoms with Crippen LogP contribution in [0.15, 0.2) is 109 Å². The van der Waals surface area contributed by atoms with Gasteiger partial charge in [0.1, 0.15) is 0 Å². The van der Waals surface area contributed by atoms with Crippen molar-refractivity contribution in [3.63, 3.8) is 0 Å². The first-order chi connectivity index (χ1) is 19.3. The van der Waals surface area contributed by atoms with Gasteiger partial charge in [0, 0.05) is 23.5 Å². The third-order valence-corrected chi connectivity index (χ3v) is 8.18. The zero-order chi connectivity index (χ0) is 27.5. The molecule has 204 valence electrons. The zero-order valence-electron chi connectivity index (χ0n) is 23.5. The van der Waals surface area contributed by atoms with Crippen LogP contribution in [-0.2, 0) is 31.9 Å². The SMILES string of the molecule is CC1(C)c2[c-]c(ccc2)-n2cc(-c3ccccc3)c(n2)C(C)(C)c2nn(cc2-c2ccccc2)-c2[c-]c1ccc2.[Pt+2]. The van der Waals surface area contributed by atoms with E-state index in [1.165, 1.54) is 0 Å². The quantitative estimate of drug-likeness (QED) is 0.171. The van der Waals surface area contributed by atoms with Crippen LogP contribution in [-0.4, -0.2) is 19.6 Å². The van der Waals surface area contributed by atoms with Crippen LogP contribution in [0, 0.1) is 12.1 Å². The smallest absolute Gasteiger partial charge is 0.265 e. The van der Waals surface area contributed by atoms with Crippen LogP contribution in [0.4, 0.5) is 0 Å². The topological polar surface area (TPSA) is 35.6 Å². The van der Waals surface area contributed by atoms with Gasteiger partial charge in [-0.2, -0.15) is 57.7 Å². The van der Waals surface area contributed by atoms with Crippen molar-refractivity contribution in [2.75, 3.05) is 0 Å². The Hall–Kier alpha value is -4.01. The van der Waals surface area contributed by atoms with Gasteiger partial charge in [0.15, 0.2) is 0 Å². The molecule has 8 bridgehead atoms. The van der Waals surface area contributed by atoms with Gasteiger partial charge in [-0.1, -0.05) is 74.5 Å². The summed E-state index contributed by atoms with van der Waals surface area (Å²) in [6, 6.07) is 41.0. The number of rotatable bonds is 2. The minimum atomic E-state index is -0.522. The van der Waals surface area contributed by atoms with Crippen molar-refractivity contribution in [2.45, 2.75) is 38.5 Å². The first-order valence-corrected chi connectivity index (χ1v) is 13.7. The molecule has 3 heterocycles. The normalized spacial score (nSPS) is 14.5. The third kappa shape index (κ3) is 4.51. The molecular formula is C36H30N4Pt. The fraction of sp³-hybridized carbons (Fsp3) is 0.167. The molecule has 0 fully saturated rings. The molecule has 0 atom stereocenters. The van der Waals surface area contributed by atoms with Crippen molar-refractivity contribution in [2.24, 2.45) is 0 Å². The third-order valence-electron chi connectivity index (χ3n) is 8.18. The Morgan fingerprint density at radius 1 is 0.512 bits per heavy atom. The minimum absolute atomic E-state index is 0. The Labute approximate surface area is 256 Å². The summed E-state index contributed by atoms with van der Waals surface area (Å²) in [5.74, 6) is 0. The van der Waals surface area contributed by atoms with Crippen LogP contribution in [0.5, 0.6) is 0 Å². The first-order valence-electron chi connectivity index (χ1n) is 13.7. The van der Waals surface area contributed by atoms with E-state index in [0.717, 1.165) is 56.1 Å². The van der Waals surface area contributed by atoms with Crippen molar-refractivity contribution in [3.8, 4) is 33.6 Å². The molecule has 0 radical (unpaired) electrons. The Morgan fingerprint density at radius 2 is 0.927 bits per heavy atom. The van der Waals surface area contributed by atoms with Crippen LogP contribution in [0.3, 0.4) is 0 Å². The van der Waals surface area contributed by atoms with Crippen LogP contribution in [0.1, 0.15) is 50.2 Å². The monoisotopic (exact) mass is 713 g/mol. The van der Waals surface area contributed by atoms with Gasteiger partial charge in [-0.05, 0) is 41.8 Å². The molecule has 1 aliphatic heterocycles. The van der Waals surface area contributed by atoms with E-state index < -0.39 is 5.41 Å². The molecular weight excluding hydrogens is 684 g/mol. The largest absolute Gasteiger partial charge is 2.00 e. The summed E-state index contributed by atoms with van der Waals surface area (Å²) in [7, 11) is 0. The molecule has 0 spiro atoms. The second kappa shape index (κ2) is 10.1. The van der Waals surface area contributed by atoms with Crippen molar-refractivity contribution in [1.82, 2.24) is 19.6 Å². The first kappa shape index (κ1) is 27.2. The van der Waals surface area contributed by atoms with Crippen LogP contribution in [0.2, 0.25) is 0 Å². The van der Waals surface area contributed by atoms with Gasteiger partial charge in [-0.15, -0.1) is 12.1 Å². The van der Waals surface area contributed by atoms with Gasteiger partial charge in [0.2, 0.25) is 0 Å². The predicted octanol–water partition coefficient (Wildman–Crippen LogP) is 7.96. The second-order valence-corrected chi connectivity index (χ2v) is 11.6. The number of aromatic nitrogens is 4. The van der Waals surface area contributed by atoms with E-state index in [2.05, 4.69) is 137 Å². The van der Waals surface area contributed by atoms with Gasteiger partial charge < -0.3 is 0 Å². The molecule has 0 aliphatic carbocycles. The fourth-order valence-corrected chi connectivity index (χ4v) is 5.74. The van der Waals surface area contributed by atoms with Crippen molar-refractivity contribution in [1.29, 1.82) is 0 Å². The van der Waals surface area contributed by atoms with Crippen molar-refractivity contribution in [3.05, 3.63) is 144 Å². The standard InChI is InChI=1S/C36H30N4.Pt/c1-35(2)27-17-11-19-29(21-27)39-23-31(25-13-7-5-8-14-25)33(37-39)36(3,4)34-32(26-15-9-6-10-16-26)24-40(38-34)30-20-12-18-28(35)22-30;/h5-20,23-24H,1-4H3;/q-2;+2. The van der Waals surface area contributed by atoms with E-state index in [0.29, 0.717) is 0 Å². The van der Waals surface area contributed by atoms with Gasteiger partial charge in [-0.3, -0.25) is 9.36 Å². The molecule has 4 nitrogen and oxygen atoms in total. The van der Waals surface area contributed by atoms with Gasteiger partial charge in [0.25, 0.3) is 0 Å². The maximum absolute atomic E-state index is 5.27. The van der Waals surface area contributed by atoms with Crippen molar-refractivity contribution >= 4 is 0 Å². The Bertz CT molecular complexity index is 1710. The zero-order valence-corrected chi connectivity index (χ0v) is 25.8. The maximum atomic E-state index is 5.27. The van der Waals surface area contributed by atoms with E-state index in [4.69, 9.17) is 10.2 Å². The Morgan fingerprint density at radius 3 is 1.34 bits per heavy atom. The van der Waals surface area contributed by atoms with Gasteiger partial charge in [0.05, 0.1) is 16.8 Å². The Balaban J connectivity index is 0.00000302. The minimum Gasteiger partial charge on any atom is -0.265 e. The average molecular weight is 714 g/mol. The van der Waals surface area contributed by atoms with Crippen LogP contribution < -0.4 is 0 Å². The summed E-state index contributed by atoms with van der Waals surface area (Å²) < 4.78 is 3.95. The molecule has 41 heavy (non-hydrogen) atoms. The fourth-order valence-electron chi connectivity index (χ4n) is 5.74. The molecule has 0 unspecified atom stereocenters. The molecule has 0 N–H and O–H groups in total. The van der Waals surface area contributed by atoms with E-state index >= 15 is 0 Å². The molecule has 1 aliphatic rings. The number of hydrogen-bond acceptors (Lipinski definition) is 2. The van der Waals surface area contributed by atoms with Gasteiger partial charge in [-0.25, -0.2) is 0 Å². The number of hydrogen-bond donors (Lipinski definition) is 0. The number of nitrogens with zero attached hydrogens (tertiary/aromatic N) is 4. The summed E-state index contributed by atoms with van der Waals surface area (Å²) in [6.07, 6.45) is 4.28. The van der Waals surface area contributed by atoms with Gasteiger partial charge >= 0.3 is 21.1 Å². The summed E-state index contributed by atoms with van der Waals surface area (Å²) in [6.45, 7) is 8.89. The molecule has 5 heteroatoms. The number of fused-ring (bicyclic) bond motifs is 10. The molecule has 7 rings (SSSR count). The molecule has 4 aromatic carbocycles. The summed E-state index contributed by atoms with van der Waals surface area (Å²) in [4.78, 5) is 0. The second-order valence-electron chi connectivity index (χ2n) is 11.6. The molecule has 0 saturated carbocycles. The van der Waals surface area contributed by atoms with E-state index in [9.17, 15) is 0 Å². The molecule has 2 aromatic heterocycles. The summed E-state index contributed by atoms with van der Waals surface area (Å²) in [5.41, 5.74) is 9.48. The number of benzene rings is 4. The average Bonchev–Trinajstić information content (AvgIpc) is 3.65. The maximum Gasteiger partial charge on any atom is 2.00 e. The Kier molecular flexibility index (Phi) is 6.71. The van der Waals surface area contributed by atoms with E-state index in [1.807, 2.05) is 21.5 Å². The summed E-state index contributed by atoms with van der Waals surface area (Å²) in [5, 5.41) is 10.5. The molecule has 6 aromatic rings. The molecule has 0 saturated heterocycles. The van der Waals surface area contributed by atoms with E-state index in [-0.39, 0.29) is 26.5 Å². The summed E-state index contributed by atoms with van der Waals surface area (Å²) >= 11 is 0. The van der Waals surface area contributed by atoms with Crippen LogP contribution in [0.25, 0.3) is 33.6 Å². The van der Waals surface area contributed by atoms with Crippen LogP contribution >= 0.6 is 0 Å². The molecule has 0 amide bonds.